The second-order valence-electron chi connectivity index (χ2n) is 4.69. The molecule has 2 aromatic rings. The predicted molar refractivity (Wildman–Crippen MR) is 92.3 cm³/mol. The number of rotatable bonds is 5. The number of aromatic amines is 2. The largest absolute Gasteiger partial charge is 0.350 e. The van der Waals surface area contributed by atoms with Crippen molar-refractivity contribution < 1.29 is 9.79 Å². The van der Waals surface area contributed by atoms with Gasteiger partial charge in [-0.15, -0.1) is 0 Å². The van der Waals surface area contributed by atoms with Gasteiger partial charge in [0.05, 0.1) is 5.69 Å². The third-order valence-electron chi connectivity index (χ3n) is 3.15. The van der Waals surface area contributed by atoms with Crippen molar-refractivity contribution in [3.63, 3.8) is 0 Å². The summed E-state index contributed by atoms with van der Waals surface area (Å²) in [5.74, 6) is 0. The van der Waals surface area contributed by atoms with Crippen LogP contribution in [0.5, 0.6) is 0 Å². The number of H-pyrrole nitrogens is 2. The second-order valence-corrected chi connectivity index (χ2v) is 6.29. The fraction of sp³-hybridized carbons (Fsp3) is 0.133. The Balaban J connectivity index is 2.37. The van der Waals surface area contributed by atoms with Crippen LogP contribution in [0.15, 0.2) is 29.1 Å². The smallest absolute Gasteiger partial charge is 0.270 e. The van der Waals surface area contributed by atoms with E-state index < -0.39 is 13.9 Å². The minimum Gasteiger partial charge on any atom is -0.350 e. The molecule has 0 radical (unpaired) electrons. The maximum Gasteiger partial charge on any atom is 0.270 e. The van der Waals surface area contributed by atoms with Gasteiger partial charge in [0, 0.05) is 6.16 Å². The summed E-state index contributed by atoms with van der Waals surface area (Å²) in [5.41, 5.74) is 1.58. The highest BCUT2D eigenvalue weighted by molar-refractivity contribution is 7.71. The van der Waals surface area contributed by atoms with Crippen LogP contribution in [0.4, 0.5) is 0 Å². The number of nitrogens with zero attached hydrogens (tertiary/aromatic N) is 1. The van der Waals surface area contributed by atoms with Gasteiger partial charge in [-0.25, -0.2) is 0 Å². The molecule has 1 aromatic carbocycles. The number of hydrogen-bond acceptors (Lipinski definition) is 5. The van der Waals surface area contributed by atoms with E-state index >= 15 is 0 Å². The van der Waals surface area contributed by atoms with Crippen molar-refractivity contribution in [2.75, 3.05) is 6.16 Å². The molecule has 0 aliphatic rings. The molecule has 1 aromatic heterocycles. The zero-order valence-electron chi connectivity index (χ0n) is 12.0. The molecule has 8 heteroatoms. The van der Waals surface area contributed by atoms with E-state index in [1.165, 1.54) is 0 Å². The van der Waals surface area contributed by atoms with Crippen molar-refractivity contribution in [1.29, 1.82) is 5.26 Å². The van der Waals surface area contributed by atoms with Gasteiger partial charge < -0.3 is 14.8 Å². The van der Waals surface area contributed by atoms with Crippen LogP contribution in [0.2, 0.25) is 0 Å². The van der Waals surface area contributed by atoms with Crippen LogP contribution in [-0.4, -0.2) is 25.9 Å². The fourth-order valence-electron chi connectivity index (χ4n) is 2.06. The third-order valence-corrected chi connectivity index (χ3v) is 3.98. The number of nitriles is 1. The lowest BCUT2D eigenvalue weighted by atomic mass is 10.0. The van der Waals surface area contributed by atoms with Gasteiger partial charge >= 0.3 is 0 Å². The lowest BCUT2D eigenvalue weighted by Crippen LogP contribution is -2.13. The molecule has 0 spiro atoms. The van der Waals surface area contributed by atoms with Gasteiger partial charge in [0.25, 0.3) is 5.56 Å². The van der Waals surface area contributed by atoms with Crippen molar-refractivity contribution in [3.05, 3.63) is 61.8 Å². The second kappa shape index (κ2) is 7.95. The Morgan fingerprint density at radius 3 is 2.70 bits per heavy atom. The van der Waals surface area contributed by atoms with E-state index in [-0.39, 0.29) is 16.5 Å². The van der Waals surface area contributed by atoms with E-state index in [0.29, 0.717) is 12.1 Å². The summed E-state index contributed by atoms with van der Waals surface area (Å²) in [6.45, 7) is 0. The molecule has 4 N–H and O–H groups in total. The molecule has 0 fully saturated rings. The highest BCUT2D eigenvalue weighted by Crippen LogP contribution is 2.25. The van der Waals surface area contributed by atoms with Gasteiger partial charge in [-0.05, 0) is 35.8 Å². The van der Waals surface area contributed by atoms with E-state index in [1.54, 1.807) is 12.2 Å². The maximum atomic E-state index is 11.7. The average molecular weight is 347 g/mol. The number of aromatic nitrogens is 2. The van der Waals surface area contributed by atoms with Crippen LogP contribution in [0.1, 0.15) is 22.4 Å². The molecule has 23 heavy (non-hydrogen) atoms. The number of nitrogens with one attached hydrogen (secondary N) is 2. The lowest BCUT2D eigenvalue weighted by molar-refractivity contribution is 0.482. The molecule has 0 bridgehead atoms. The molecule has 118 valence electrons. The first-order chi connectivity index (χ1) is 11.0. The van der Waals surface area contributed by atoms with Crippen LogP contribution >= 0.6 is 20.6 Å². The van der Waals surface area contributed by atoms with E-state index in [0.717, 1.165) is 11.1 Å². The van der Waals surface area contributed by atoms with Gasteiger partial charge in [0.2, 0.25) is 0 Å². The van der Waals surface area contributed by atoms with E-state index in [2.05, 4.69) is 9.97 Å². The Morgan fingerprint density at radius 1 is 1.26 bits per heavy atom. The first kappa shape index (κ1) is 17.3. The van der Waals surface area contributed by atoms with Gasteiger partial charge in [0.1, 0.15) is 11.6 Å². The molecule has 0 saturated heterocycles. The van der Waals surface area contributed by atoms with Crippen molar-refractivity contribution in [3.8, 4) is 6.07 Å². The minimum absolute atomic E-state index is 0.0402. The zero-order valence-corrected chi connectivity index (χ0v) is 13.7. The average Bonchev–Trinajstić information content (AvgIpc) is 2.51. The minimum atomic E-state index is -1.94. The number of aryl methyl sites for hydroxylation is 1. The quantitative estimate of drug-likeness (QED) is 0.490. The SMILES string of the molecule is N#Cc1c(/C=C/c2ccccc2CCP(O)O)[nH]c(=S)[nH]c1=O. The van der Waals surface area contributed by atoms with Gasteiger partial charge in [-0.1, -0.05) is 30.3 Å². The molecule has 1 heterocycles. The molecule has 6 nitrogen and oxygen atoms in total. The monoisotopic (exact) mass is 347 g/mol. The summed E-state index contributed by atoms with van der Waals surface area (Å²) in [5, 5.41) is 9.08. The van der Waals surface area contributed by atoms with Crippen LogP contribution in [0.3, 0.4) is 0 Å². The van der Waals surface area contributed by atoms with Crippen LogP contribution < -0.4 is 5.56 Å². The molecule has 2 rings (SSSR count). The Hall–Kier alpha value is -2.10. The Labute approximate surface area is 138 Å². The van der Waals surface area contributed by atoms with Crippen LogP contribution in [0, 0.1) is 16.1 Å². The Morgan fingerprint density at radius 2 is 2.00 bits per heavy atom. The third kappa shape index (κ3) is 4.68. The standard InChI is InChI=1S/C15H14N3O3PS/c16-9-12-13(17-15(23)18-14(12)19)6-5-10-3-1-2-4-11(10)7-8-22(20)21/h1-6,20-21H,7-8H2,(H2,17,18,19,23)/b6-5+. The molecular weight excluding hydrogens is 333 g/mol. The predicted octanol–water partition coefficient (Wildman–Crippen LogP) is 2.31. The van der Waals surface area contributed by atoms with Crippen LogP contribution in [-0.2, 0) is 6.42 Å². The molecule has 0 unspecified atom stereocenters. The summed E-state index contributed by atoms with van der Waals surface area (Å²) in [7, 11) is -1.94. The highest BCUT2D eigenvalue weighted by Gasteiger charge is 2.06. The van der Waals surface area contributed by atoms with E-state index in [4.69, 9.17) is 27.3 Å². The summed E-state index contributed by atoms with van der Waals surface area (Å²) >= 11 is 4.91. The van der Waals surface area contributed by atoms with Crippen LogP contribution in [0.25, 0.3) is 12.2 Å². The van der Waals surface area contributed by atoms with E-state index in [9.17, 15) is 4.79 Å². The van der Waals surface area contributed by atoms with Crippen molar-refractivity contribution in [2.45, 2.75) is 6.42 Å². The van der Waals surface area contributed by atoms with Crippen molar-refractivity contribution in [1.82, 2.24) is 9.97 Å². The topological polar surface area (TPSA) is 113 Å². The van der Waals surface area contributed by atoms with Gasteiger partial charge in [-0.2, -0.15) is 5.26 Å². The fourth-order valence-corrected chi connectivity index (χ4v) is 2.70. The van der Waals surface area contributed by atoms with Crippen molar-refractivity contribution >= 4 is 32.7 Å². The van der Waals surface area contributed by atoms with Crippen molar-refractivity contribution in [2.24, 2.45) is 0 Å². The molecular formula is C15H14N3O3PS. The molecule has 0 aliphatic carbocycles. The van der Waals surface area contributed by atoms with Gasteiger partial charge in [0.15, 0.2) is 13.1 Å². The molecule has 0 aliphatic heterocycles. The summed E-state index contributed by atoms with van der Waals surface area (Å²) in [6, 6.07) is 9.33. The zero-order chi connectivity index (χ0) is 16.8. The summed E-state index contributed by atoms with van der Waals surface area (Å²) < 4.78 is 0.146. The number of benzene rings is 1. The maximum absolute atomic E-state index is 11.7. The first-order valence-electron chi connectivity index (χ1n) is 6.69. The molecule has 0 saturated carbocycles. The summed E-state index contributed by atoms with van der Waals surface area (Å²) in [4.78, 5) is 34.9. The Bertz CT molecular complexity index is 881. The first-order valence-corrected chi connectivity index (χ1v) is 8.53. The molecule has 0 amide bonds. The van der Waals surface area contributed by atoms with Gasteiger partial charge in [-0.3, -0.25) is 9.78 Å². The number of hydrogen-bond donors (Lipinski definition) is 4. The molecule has 0 atom stereocenters. The summed E-state index contributed by atoms with van der Waals surface area (Å²) in [6.07, 6.45) is 4.18. The normalized spacial score (nSPS) is 11.0. The highest BCUT2D eigenvalue weighted by atomic mass is 32.1. The lowest BCUT2D eigenvalue weighted by Gasteiger charge is -2.06. The van der Waals surface area contributed by atoms with E-state index in [1.807, 2.05) is 30.3 Å². The Kier molecular flexibility index (Phi) is 5.97.